The molecule has 0 saturated heterocycles. The monoisotopic (exact) mass is 220 g/mol. The van der Waals surface area contributed by atoms with Gasteiger partial charge in [0.2, 0.25) is 0 Å². The van der Waals surface area contributed by atoms with Gasteiger partial charge >= 0.3 is 0 Å². The Hall–Kier alpha value is -1.28. The van der Waals surface area contributed by atoms with Crippen LogP contribution in [0.2, 0.25) is 0 Å². The first-order valence-corrected chi connectivity index (χ1v) is 5.45. The summed E-state index contributed by atoms with van der Waals surface area (Å²) in [5.41, 5.74) is 2.14. The largest absolute Gasteiger partial charge is 0.496 e. The van der Waals surface area contributed by atoms with E-state index < -0.39 is 0 Å². The highest BCUT2D eigenvalue weighted by Crippen LogP contribution is 2.38. The van der Waals surface area contributed by atoms with Crippen molar-refractivity contribution in [2.75, 3.05) is 13.7 Å². The molecule has 0 saturated carbocycles. The number of benzene rings is 1. The van der Waals surface area contributed by atoms with Gasteiger partial charge in [-0.3, -0.25) is 0 Å². The third-order valence-corrected chi connectivity index (χ3v) is 2.50. The first-order chi connectivity index (χ1) is 7.50. The molecule has 0 aliphatic carbocycles. The third kappa shape index (κ3) is 2.86. The van der Waals surface area contributed by atoms with Crippen molar-refractivity contribution >= 4 is 5.57 Å². The summed E-state index contributed by atoms with van der Waals surface area (Å²) < 4.78 is 5.35. The standard InChI is InChI=1S/C14H20O2/c1-14(2,3)12(9-10-15)11-7-5-6-8-13(11)16-4/h5-9,15H,10H2,1-4H3/b12-9+. The normalized spacial score (nSPS) is 12.7. The molecule has 0 spiro atoms. The van der Waals surface area contributed by atoms with E-state index in [1.807, 2.05) is 30.3 Å². The molecule has 0 unspecified atom stereocenters. The van der Waals surface area contributed by atoms with Crippen molar-refractivity contribution in [3.05, 3.63) is 35.9 Å². The van der Waals surface area contributed by atoms with E-state index in [-0.39, 0.29) is 12.0 Å². The summed E-state index contributed by atoms with van der Waals surface area (Å²) in [7, 11) is 1.66. The van der Waals surface area contributed by atoms with Crippen molar-refractivity contribution in [3.8, 4) is 5.75 Å². The lowest BCUT2D eigenvalue weighted by Gasteiger charge is -2.24. The summed E-state index contributed by atoms with van der Waals surface area (Å²) >= 11 is 0. The lowest BCUT2D eigenvalue weighted by Crippen LogP contribution is -2.10. The van der Waals surface area contributed by atoms with Gasteiger partial charge in [0.15, 0.2) is 0 Å². The maximum Gasteiger partial charge on any atom is 0.126 e. The number of ether oxygens (including phenoxy) is 1. The van der Waals surface area contributed by atoms with Crippen LogP contribution in [0.5, 0.6) is 5.75 Å². The molecule has 0 aliphatic rings. The Morgan fingerprint density at radius 2 is 1.94 bits per heavy atom. The third-order valence-electron chi connectivity index (χ3n) is 2.50. The summed E-state index contributed by atoms with van der Waals surface area (Å²) in [6.45, 7) is 6.42. The van der Waals surface area contributed by atoms with E-state index in [0.717, 1.165) is 16.9 Å². The second-order valence-electron chi connectivity index (χ2n) is 4.75. The van der Waals surface area contributed by atoms with Gasteiger partial charge in [0.05, 0.1) is 13.7 Å². The molecule has 0 radical (unpaired) electrons. The molecule has 0 bridgehead atoms. The van der Waals surface area contributed by atoms with Crippen LogP contribution in [-0.2, 0) is 0 Å². The minimum absolute atomic E-state index is 0.0165. The maximum absolute atomic E-state index is 9.11. The van der Waals surface area contributed by atoms with Crippen molar-refractivity contribution < 1.29 is 9.84 Å². The number of aliphatic hydroxyl groups is 1. The zero-order valence-corrected chi connectivity index (χ0v) is 10.4. The molecule has 0 fully saturated rings. The molecule has 0 atom stereocenters. The number of hydrogen-bond acceptors (Lipinski definition) is 2. The van der Waals surface area contributed by atoms with Gasteiger partial charge in [-0.1, -0.05) is 45.0 Å². The smallest absolute Gasteiger partial charge is 0.126 e. The van der Waals surface area contributed by atoms with Crippen molar-refractivity contribution in [1.82, 2.24) is 0 Å². The second kappa shape index (κ2) is 5.17. The van der Waals surface area contributed by atoms with Gasteiger partial charge in [-0.15, -0.1) is 0 Å². The summed E-state index contributed by atoms with van der Waals surface area (Å²) in [5, 5.41) is 9.11. The van der Waals surface area contributed by atoms with Crippen LogP contribution in [0.3, 0.4) is 0 Å². The van der Waals surface area contributed by atoms with E-state index in [4.69, 9.17) is 9.84 Å². The first-order valence-electron chi connectivity index (χ1n) is 5.45. The Morgan fingerprint density at radius 1 is 1.31 bits per heavy atom. The van der Waals surface area contributed by atoms with Gasteiger partial charge in [-0.25, -0.2) is 0 Å². The summed E-state index contributed by atoms with van der Waals surface area (Å²) in [5.74, 6) is 0.845. The minimum Gasteiger partial charge on any atom is -0.496 e. The van der Waals surface area contributed by atoms with Crippen LogP contribution >= 0.6 is 0 Å². The first kappa shape index (κ1) is 12.8. The fourth-order valence-corrected chi connectivity index (χ4v) is 1.78. The van der Waals surface area contributed by atoms with Gasteiger partial charge in [-0.2, -0.15) is 0 Å². The van der Waals surface area contributed by atoms with Crippen LogP contribution < -0.4 is 4.74 Å². The van der Waals surface area contributed by atoms with E-state index in [1.54, 1.807) is 7.11 Å². The van der Waals surface area contributed by atoms with E-state index in [9.17, 15) is 0 Å². The van der Waals surface area contributed by atoms with Crippen LogP contribution in [0.4, 0.5) is 0 Å². The Morgan fingerprint density at radius 3 is 2.44 bits per heavy atom. The highest BCUT2D eigenvalue weighted by Gasteiger charge is 2.20. The molecule has 0 heterocycles. The maximum atomic E-state index is 9.11. The molecule has 0 amide bonds. The molecular weight excluding hydrogens is 200 g/mol. The lowest BCUT2D eigenvalue weighted by molar-refractivity contribution is 0.341. The molecule has 1 aromatic carbocycles. The summed E-state index contributed by atoms with van der Waals surface area (Å²) in [6, 6.07) is 7.88. The highest BCUT2D eigenvalue weighted by atomic mass is 16.5. The van der Waals surface area contributed by atoms with E-state index >= 15 is 0 Å². The molecule has 1 aromatic rings. The van der Waals surface area contributed by atoms with Crippen molar-refractivity contribution in [3.63, 3.8) is 0 Å². The van der Waals surface area contributed by atoms with Crippen LogP contribution in [0.25, 0.3) is 5.57 Å². The molecule has 0 aliphatic heterocycles. The number of methoxy groups -OCH3 is 1. The van der Waals surface area contributed by atoms with E-state index in [1.165, 1.54) is 0 Å². The average Bonchev–Trinajstić information content (AvgIpc) is 2.24. The average molecular weight is 220 g/mol. The topological polar surface area (TPSA) is 29.5 Å². The fourth-order valence-electron chi connectivity index (χ4n) is 1.78. The summed E-state index contributed by atoms with van der Waals surface area (Å²) in [4.78, 5) is 0. The minimum atomic E-state index is -0.0165. The predicted molar refractivity (Wildman–Crippen MR) is 67.5 cm³/mol. The molecule has 2 nitrogen and oxygen atoms in total. The zero-order chi connectivity index (χ0) is 12.2. The van der Waals surface area contributed by atoms with Gasteiger partial charge in [0.25, 0.3) is 0 Å². The van der Waals surface area contributed by atoms with Crippen LogP contribution in [0.15, 0.2) is 30.3 Å². The Labute approximate surface area is 97.6 Å². The van der Waals surface area contributed by atoms with Gasteiger partial charge in [0.1, 0.15) is 5.75 Å². The van der Waals surface area contributed by atoms with Crippen molar-refractivity contribution in [2.24, 2.45) is 5.41 Å². The molecule has 16 heavy (non-hydrogen) atoms. The van der Waals surface area contributed by atoms with Gasteiger partial charge in [0, 0.05) is 5.56 Å². The van der Waals surface area contributed by atoms with Gasteiger partial charge in [-0.05, 0) is 17.1 Å². The van der Waals surface area contributed by atoms with Crippen LogP contribution in [0.1, 0.15) is 26.3 Å². The molecular formula is C14H20O2. The number of rotatable bonds is 3. The van der Waals surface area contributed by atoms with Crippen molar-refractivity contribution in [1.29, 1.82) is 0 Å². The number of aliphatic hydroxyl groups excluding tert-OH is 1. The second-order valence-corrected chi connectivity index (χ2v) is 4.75. The summed E-state index contributed by atoms with van der Waals surface area (Å²) in [6.07, 6.45) is 1.85. The number of allylic oxidation sites excluding steroid dienone is 1. The Bertz CT molecular complexity index is 373. The highest BCUT2D eigenvalue weighted by molar-refractivity contribution is 5.73. The Kier molecular flexibility index (Phi) is 4.13. The van der Waals surface area contributed by atoms with Gasteiger partial charge < -0.3 is 9.84 Å². The van der Waals surface area contributed by atoms with Crippen molar-refractivity contribution in [2.45, 2.75) is 20.8 Å². The number of para-hydroxylation sites is 1. The van der Waals surface area contributed by atoms with Crippen LogP contribution in [-0.4, -0.2) is 18.8 Å². The van der Waals surface area contributed by atoms with Crippen LogP contribution in [0, 0.1) is 5.41 Å². The lowest BCUT2D eigenvalue weighted by atomic mass is 9.81. The zero-order valence-electron chi connectivity index (χ0n) is 10.4. The molecule has 88 valence electrons. The molecule has 0 aromatic heterocycles. The van der Waals surface area contributed by atoms with E-state index in [0.29, 0.717) is 0 Å². The molecule has 2 heteroatoms. The molecule has 1 rings (SSSR count). The Balaban J connectivity index is 3.27. The SMILES string of the molecule is COc1ccccc1/C(=C\CO)C(C)(C)C. The number of hydrogen-bond donors (Lipinski definition) is 1. The fraction of sp³-hybridized carbons (Fsp3) is 0.429. The predicted octanol–water partition coefficient (Wildman–Crippen LogP) is 3.12. The molecule has 1 N–H and O–H groups in total. The van der Waals surface area contributed by atoms with E-state index in [2.05, 4.69) is 20.8 Å². The quantitative estimate of drug-likeness (QED) is 0.848.